The molecule has 0 radical (unpaired) electrons. The highest BCUT2D eigenvalue weighted by Crippen LogP contribution is 2.19. The summed E-state index contributed by atoms with van der Waals surface area (Å²) in [6, 6.07) is 19.2. The van der Waals surface area contributed by atoms with Crippen LogP contribution in [0.25, 0.3) is 0 Å². The van der Waals surface area contributed by atoms with Crippen molar-refractivity contribution in [2.24, 2.45) is 0 Å². The van der Waals surface area contributed by atoms with Gasteiger partial charge in [-0.05, 0) is 72.0 Å². The highest BCUT2D eigenvalue weighted by Gasteiger charge is 2.14. The minimum Gasteiger partial charge on any atom is -0.326 e. The van der Waals surface area contributed by atoms with Crippen molar-refractivity contribution in [1.82, 2.24) is 0 Å². The Labute approximate surface area is 182 Å². The first-order chi connectivity index (χ1) is 14.7. The topological polar surface area (TPSA) is 75.3 Å². The number of rotatable bonds is 8. The van der Waals surface area contributed by atoms with E-state index in [-0.39, 0.29) is 16.5 Å². The second-order valence-corrected chi connectivity index (χ2v) is 9.26. The normalized spacial score (nSPS) is 11.4. The molecule has 0 heterocycles. The van der Waals surface area contributed by atoms with Crippen LogP contribution in [-0.4, -0.2) is 14.3 Å². The summed E-state index contributed by atoms with van der Waals surface area (Å²) in [7, 11) is -3.81. The number of carbonyl (C=O) groups is 1. The Balaban J connectivity index is 1.55. The van der Waals surface area contributed by atoms with E-state index in [1.165, 1.54) is 54.1 Å². The van der Waals surface area contributed by atoms with E-state index in [1.54, 1.807) is 0 Å². The summed E-state index contributed by atoms with van der Waals surface area (Å²) in [6.07, 6.45) is 0.950. The van der Waals surface area contributed by atoms with Crippen LogP contribution in [-0.2, 0) is 21.2 Å². The summed E-state index contributed by atoms with van der Waals surface area (Å²) in [5.41, 5.74) is 3.13. The van der Waals surface area contributed by atoms with E-state index in [1.807, 2.05) is 12.1 Å². The van der Waals surface area contributed by atoms with E-state index in [4.69, 9.17) is 0 Å². The summed E-state index contributed by atoms with van der Waals surface area (Å²) in [5.74, 6) is -0.126. The quantitative estimate of drug-likeness (QED) is 0.498. The molecule has 0 bridgehead atoms. The molecule has 31 heavy (non-hydrogen) atoms. The lowest BCUT2D eigenvalue weighted by Crippen LogP contribution is -2.14. The predicted octanol–water partition coefficient (Wildman–Crippen LogP) is 5.32. The molecule has 3 rings (SSSR count). The standard InChI is InChI=1S/C24H25FN2O3S/c1-17(2)19-6-3-18(4-7-19)5-16-24(28)26-21-12-14-23(15-13-21)31(29,30)27-22-10-8-20(25)9-11-22/h3-4,6-15,17,27H,5,16H2,1-2H3,(H,26,28). The summed E-state index contributed by atoms with van der Waals surface area (Å²) >= 11 is 0. The first kappa shape index (κ1) is 22.5. The van der Waals surface area contributed by atoms with E-state index in [0.29, 0.717) is 24.4 Å². The molecule has 2 N–H and O–H groups in total. The largest absolute Gasteiger partial charge is 0.326 e. The molecule has 0 atom stereocenters. The number of benzene rings is 3. The Kier molecular flexibility index (Phi) is 7.07. The number of anilines is 2. The molecule has 0 spiro atoms. The molecule has 7 heteroatoms. The molecule has 0 aliphatic carbocycles. The average Bonchev–Trinajstić information content (AvgIpc) is 2.74. The summed E-state index contributed by atoms with van der Waals surface area (Å²) in [6.45, 7) is 4.27. The second-order valence-electron chi connectivity index (χ2n) is 7.58. The molecule has 3 aromatic rings. The van der Waals surface area contributed by atoms with Crippen LogP contribution in [0.3, 0.4) is 0 Å². The Morgan fingerprint density at radius 1 is 0.871 bits per heavy atom. The average molecular weight is 441 g/mol. The molecular weight excluding hydrogens is 415 g/mol. The van der Waals surface area contributed by atoms with Crippen molar-refractivity contribution >= 4 is 27.3 Å². The SMILES string of the molecule is CC(C)c1ccc(CCC(=O)Nc2ccc(S(=O)(=O)Nc3ccc(F)cc3)cc2)cc1. The number of halogens is 1. The van der Waals surface area contributed by atoms with Gasteiger partial charge in [-0.1, -0.05) is 38.1 Å². The van der Waals surface area contributed by atoms with Crippen molar-refractivity contribution in [1.29, 1.82) is 0 Å². The van der Waals surface area contributed by atoms with Gasteiger partial charge in [-0.2, -0.15) is 0 Å². The predicted molar refractivity (Wildman–Crippen MR) is 121 cm³/mol. The van der Waals surface area contributed by atoms with Gasteiger partial charge in [-0.3, -0.25) is 9.52 Å². The summed E-state index contributed by atoms with van der Waals surface area (Å²) < 4.78 is 40.3. The fourth-order valence-electron chi connectivity index (χ4n) is 3.00. The van der Waals surface area contributed by atoms with Crippen LogP contribution in [0.15, 0.2) is 77.7 Å². The maximum atomic E-state index is 13.0. The number of nitrogens with one attached hydrogen (secondary N) is 2. The van der Waals surface area contributed by atoms with Gasteiger partial charge < -0.3 is 5.32 Å². The van der Waals surface area contributed by atoms with Crippen LogP contribution in [0.2, 0.25) is 0 Å². The van der Waals surface area contributed by atoms with Crippen molar-refractivity contribution in [3.8, 4) is 0 Å². The molecule has 3 aromatic carbocycles. The zero-order valence-electron chi connectivity index (χ0n) is 17.4. The van der Waals surface area contributed by atoms with Gasteiger partial charge in [-0.15, -0.1) is 0 Å². The third kappa shape index (κ3) is 6.39. The highest BCUT2D eigenvalue weighted by atomic mass is 32.2. The lowest BCUT2D eigenvalue weighted by atomic mass is 10.0. The zero-order chi connectivity index (χ0) is 22.4. The molecule has 0 fully saturated rings. The van der Waals surface area contributed by atoms with Gasteiger partial charge in [0.15, 0.2) is 0 Å². The zero-order valence-corrected chi connectivity index (χ0v) is 18.2. The molecule has 1 amide bonds. The van der Waals surface area contributed by atoms with E-state index < -0.39 is 15.8 Å². The van der Waals surface area contributed by atoms with Gasteiger partial charge in [0, 0.05) is 17.8 Å². The Morgan fingerprint density at radius 3 is 2.03 bits per heavy atom. The van der Waals surface area contributed by atoms with Crippen LogP contribution >= 0.6 is 0 Å². The van der Waals surface area contributed by atoms with Crippen molar-refractivity contribution in [3.63, 3.8) is 0 Å². The van der Waals surface area contributed by atoms with E-state index in [9.17, 15) is 17.6 Å². The molecule has 0 unspecified atom stereocenters. The maximum Gasteiger partial charge on any atom is 0.261 e. The van der Waals surface area contributed by atoms with Gasteiger partial charge in [0.05, 0.1) is 4.90 Å². The van der Waals surface area contributed by atoms with Crippen molar-refractivity contribution < 1.29 is 17.6 Å². The maximum absolute atomic E-state index is 13.0. The van der Waals surface area contributed by atoms with Gasteiger partial charge in [0.25, 0.3) is 10.0 Å². The minimum absolute atomic E-state index is 0.0417. The monoisotopic (exact) mass is 440 g/mol. The lowest BCUT2D eigenvalue weighted by Gasteiger charge is -2.10. The minimum atomic E-state index is -3.81. The molecule has 0 saturated carbocycles. The fraction of sp³-hybridized carbons (Fsp3) is 0.208. The molecule has 0 aliphatic rings. The first-order valence-corrected chi connectivity index (χ1v) is 11.5. The summed E-state index contributed by atoms with van der Waals surface area (Å²) in [5, 5.41) is 2.78. The molecule has 0 aliphatic heterocycles. The summed E-state index contributed by atoms with van der Waals surface area (Å²) in [4.78, 5) is 12.3. The van der Waals surface area contributed by atoms with Gasteiger partial charge >= 0.3 is 0 Å². The van der Waals surface area contributed by atoms with Crippen LogP contribution in [0.4, 0.5) is 15.8 Å². The second kappa shape index (κ2) is 9.75. The van der Waals surface area contributed by atoms with Crippen LogP contribution in [0, 0.1) is 5.82 Å². The Hall–Kier alpha value is -3.19. The Morgan fingerprint density at radius 2 is 1.45 bits per heavy atom. The van der Waals surface area contributed by atoms with Crippen molar-refractivity contribution in [3.05, 3.63) is 89.7 Å². The van der Waals surface area contributed by atoms with E-state index in [0.717, 1.165) is 5.56 Å². The third-order valence-electron chi connectivity index (χ3n) is 4.83. The van der Waals surface area contributed by atoms with Crippen molar-refractivity contribution in [2.45, 2.75) is 37.5 Å². The van der Waals surface area contributed by atoms with Gasteiger partial charge in [0.2, 0.25) is 5.91 Å². The van der Waals surface area contributed by atoms with E-state index >= 15 is 0 Å². The van der Waals surface area contributed by atoms with Crippen LogP contribution < -0.4 is 10.0 Å². The van der Waals surface area contributed by atoms with Crippen molar-refractivity contribution in [2.75, 3.05) is 10.0 Å². The van der Waals surface area contributed by atoms with Crippen LogP contribution in [0.1, 0.15) is 37.3 Å². The number of amides is 1. The van der Waals surface area contributed by atoms with Crippen LogP contribution in [0.5, 0.6) is 0 Å². The number of carbonyl (C=O) groups excluding carboxylic acids is 1. The Bertz CT molecular complexity index is 1120. The highest BCUT2D eigenvalue weighted by molar-refractivity contribution is 7.92. The van der Waals surface area contributed by atoms with Gasteiger partial charge in [-0.25, -0.2) is 12.8 Å². The third-order valence-corrected chi connectivity index (χ3v) is 6.23. The smallest absolute Gasteiger partial charge is 0.261 e. The molecule has 5 nitrogen and oxygen atoms in total. The number of sulfonamides is 1. The molecule has 0 saturated heterocycles. The first-order valence-electron chi connectivity index (χ1n) is 10.00. The van der Waals surface area contributed by atoms with E-state index in [2.05, 4.69) is 36.0 Å². The molecule has 0 aromatic heterocycles. The number of hydrogen-bond donors (Lipinski definition) is 2. The molecule has 162 valence electrons. The van der Waals surface area contributed by atoms with Gasteiger partial charge in [0.1, 0.15) is 5.82 Å². The number of hydrogen-bond acceptors (Lipinski definition) is 3. The fourth-order valence-corrected chi connectivity index (χ4v) is 4.06. The lowest BCUT2D eigenvalue weighted by molar-refractivity contribution is -0.116. The number of aryl methyl sites for hydroxylation is 1. The molecular formula is C24H25FN2O3S.